The number of carbonyl (C=O) groups is 2. The number of nitrogens with zero attached hydrogens (tertiary/aromatic N) is 1. The maximum absolute atomic E-state index is 13.2. The lowest BCUT2D eigenvalue weighted by Gasteiger charge is -2.11. The number of halogens is 3. The quantitative estimate of drug-likeness (QED) is 0.270. The van der Waals surface area contributed by atoms with Gasteiger partial charge in [0.1, 0.15) is 11.6 Å². The molecule has 0 amide bonds. The summed E-state index contributed by atoms with van der Waals surface area (Å²) in [5.74, 6) is -1.52. The van der Waals surface area contributed by atoms with Crippen LogP contribution in [0.3, 0.4) is 0 Å². The lowest BCUT2D eigenvalue weighted by atomic mass is 10.1. The molecule has 3 aromatic rings. The molecule has 8 heteroatoms. The molecule has 0 saturated carbocycles. The summed E-state index contributed by atoms with van der Waals surface area (Å²) in [5.41, 5.74) is 2.88. The molecular formula is C24H20F3NO4. The first-order chi connectivity index (χ1) is 15.2. The van der Waals surface area contributed by atoms with Crippen molar-refractivity contribution in [3.8, 4) is 11.4 Å². The molecule has 0 unspecified atom stereocenters. The van der Waals surface area contributed by atoms with Gasteiger partial charge in [0.15, 0.2) is 6.61 Å². The van der Waals surface area contributed by atoms with Crippen LogP contribution in [0, 0.1) is 19.7 Å². The van der Waals surface area contributed by atoms with Gasteiger partial charge in [-0.25, -0.2) is 9.18 Å². The van der Waals surface area contributed by atoms with Crippen LogP contribution in [0.1, 0.15) is 27.3 Å². The molecule has 0 N–H and O–H groups in total. The average Bonchev–Trinajstić information content (AvgIpc) is 3.05. The summed E-state index contributed by atoms with van der Waals surface area (Å²) in [5, 5.41) is 0. The lowest BCUT2D eigenvalue weighted by Crippen LogP contribution is -2.13. The minimum absolute atomic E-state index is 0.0284. The standard InChI is InChI=1S/C24H20F3NO4/c1-15-12-21(16(2)28(15)19-7-9-20(10-8-19)32-24(26)27)22(29)14-31-23(30)11-6-17-4-3-5-18(25)13-17/h3-13,24H,14H2,1-2H3/b11-6+. The maximum Gasteiger partial charge on any atom is 0.387 e. The zero-order chi connectivity index (χ0) is 23.3. The highest BCUT2D eigenvalue weighted by Crippen LogP contribution is 2.24. The fraction of sp³-hybridized carbons (Fsp3) is 0.167. The highest BCUT2D eigenvalue weighted by atomic mass is 19.3. The molecule has 1 aromatic heterocycles. The fourth-order valence-corrected chi connectivity index (χ4v) is 3.26. The molecule has 0 radical (unpaired) electrons. The van der Waals surface area contributed by atoms with Gasteiger partial charge >= 0.3 is 12.6 Å². The number of hydrogen-bond donors (Lipinski definition) is 0. The normalized spacial score (nSPS) is 11.2. The van der Waals surface area contributed by atoms with Gasteiger partial charge in [-0.05, 0) is 68.0 Å². The third-order valence-electron chi connectivity index (χ3n) is 4.66. The van der Waals surface area contributed by atoms with Gasteiger partial charge in [-0.15, -0.1) is 0 Å². The Balaban J connectivity index is 1.67. The molecule has 0 fully saturated rings. The van der Waals surface area contributed by atoms with Crippen LogP contribution < -0.4 is 4.74 Å². The molecule has 3 rings (SSSR count). The van der Waals surface area contributed by atoms with E-state index >= 15 is 0 Å². The van der Waals surface area contributed by atoms with Crippen molar-refractivity contribution in [2.75, 3.05) is 6.61 Å². The van der Waals surface area contributed by atoms with E-state index in [0.29, 0.717) is 22.5 Å². The second kappa shape index (κ2) is 10.00. The summed E-state index contributed by atoms with van der Waals surface area (Å²) in [6.07, 6.45) is 2.51. The lowest BCUT2D eigenvalue weighted by molar-refractivity contribution is -0.136. The van der Waals surface area contributed by atoms with E-state index in [4.69, 9.17) is 4.74 Å². The topological polar surface area (TPSA) is 57.5 Å². The fourth-order valence-electron chi connectivity index (χ4n) is 3.26. The van der Waals surface area contributed by atoms with Crippen LogP contribution in [-0.4, -0.2) is 29.5 Å². The van der Waals surface area contributed by atoms with Gasteiger partial charge in [-0.2, -0.15) is 8.78 Å². The van der Waals surface area contributed by atoms with E-state index in [0.717, 1.165) is 11.8 Å². The molecule has 0 aliphatic rings. The van der Waals surface area contributed by atoms with Gasteiger partial charge in [0.25, 0.3) is 0 Å². The summed E-state index contributed by atoms with van der Waals surface area (Å²) >= 11 is 0. The van der Waals surface area contributed by atoms with Gasteiger partial charge in [-0.3, -0.25) is 4.79 Å². The van der Waals surface area contributed by atoms with E-state index in [9.17, 15) is 22.8 Å². The summed E-state index contributed by atoms with van der Waals surface area (Å²) in [6.45, 7) is 0.153. The van der Waals surface area contributed by atoms with E-state index < -0.39 is 30.8 Å². The van der Waals surface area contributed by atoms with Crippen molar-refractivity contribution in [3.63, 3.8) is 0 Å². The van der Waals surface area contributed by atoms with Crippen LogP contribution in [0.4, 0.5) is 13.2 Å². The van der Waals surface area contributed by atoms with E-state index in [2.05, 4.69) is 4.74 Å². The number of alkyl halides is 2. The Bertz CT molecular complexity index is 1150. The molecule has 0 bridgehead atoms. The van der Waals surface area contributed by atoms with E-state index in [1.165, 1.54) is 36.4 Å². The Morgan fingerprint density at radius 3 is 2.44 bits per heavy atom. The molecule has 32 heavy (non-hydrogen) atoms. The first-order valence-corrected chi connectivity index (χ1v) is 9.62. The number of aryl methyl sites for hydroxylation is 1. The first kappa shape index (κ1) is 22.9. The second-order valence-electron chi connectivity index (χ2n) is 6.91. The Labute approximate surface area is 182 Å². The first-order valence-electron chi connectivity index (χ1n) is 9.62. The highest BCUT2D eigenvalue weighted by molar-refractivity contribution is 6.00. The molecule has 0 aliphatic heterocycles. The maximum atomic E-state index is 13.2. The number of rotatable bonds is 8. The molecule has 0 aliphatic carbocycles. The van der Waals surface area contributed by atoms with Gasteiger partial charge in [0.2, 0.25) is 5.78 Å². The summed E-state index contributed by atoms with van der Waals surface area (Å²) in [6, 6.07) is 13.4. The number of hydrogen-bond acceptors (Lipinski definition) is 4. The monoisotopic (exact) mass is 443 g/mol. The van der Waals surface area contributed by atoms with Crippen LogP contribution in [0.15, 0.2) is 60.7 Å². The van der Waals surface area contributed by atoms with Crippen molar-refractivity contribution in [1.82, 2.24) is 4.57 Å². The van der Waals surface area contributed by atoms with Crippen LogP contribution in [-0.2, 0) is 9.53 Å². The van der Waals surface area contributed by atoms with Crippen molar-refractivity contribution in [2.45, 2.75) is 20.5 Å². The van der Waals surface area contributed by atoms with E-state index in [1.54, 1.807) is 42.7 Å². The molecule has 1 heterocycles. The number of carbonyl (C=O) groups excluding carboxylic acids is 2. The van der Waals surface area contributed by atoms with Crippen LogP contribution >= 0.6 is 0 Å². The summed E-state index contributed by atoms with van der Waals surface area (Å²) in [7, 11) is 0. The zero-order valence-electron chi connectivity index (χ0n) is 17.3. The van der Waals surface area contributed by atoms with Gasteiger partial charge in [-0.1, -0.05) is 12.1 Å². The molecular weight excluding hydrogens is 423 g/mol. The number of benzene rings is 2. The van der Waals surface area contributed by atoms with E-state index in [1.807, 2.05) is 0 Å². The van der Waals surface area contributed by atoms with Crippen LogP contribution in [0.5, 0.6) is 5.75 Å². The minimum atomic E-state index is -2.91. The Hall–Kier alpha value is -3.81. The molecule has 2 aromatic carbocycles. The van der Waals surface area contributed by atoms with Crippen LogP contribution in [0.2, 0.25) is 0 Å². The third kappa shape index (κ3) is 5.66. The smallest absolute Gasteiger partial charge is 0.387 e. The van der Waals surface area contributed by atoms with Gasteiger partial charge in [0, 0.05) is 28.7 Å². The summed E-state index contributed by atoms with van der Waals surface area (Å²) in [4.78, 5) is 24.5. The Kier molecular flexibility index (Phi) is 7.14. The zero-order valence-corrected chi connectivity index (χ0v) is 17.3. The van der Waals surface area contributed by atoms with Gasteiger partial charge in [0.05, 0.1) is 0 Å². The molecule has 166 valence electrons. The average molecular weight is 443 g/mol. The van der Waals surface area contributed by atoms with Crippen molar-refractivity contribution >= 4 is 17.8 Å². The van der Waals surface area contributed by atoms with Crippen molar-refractivity contribution in [1.29, 1.82) is 0 Å². The van der Waals surface area contributed by atoms with E-state index in [-0.39, 0.29) is 5.75 Å². The molecule has 0 spiro atoms. The predicted molar refractivity (Wildman–Crippen MR) is 113 cm³/mol. The predicted octanol–water partition coefficient (Wildman–Crippen LogP) is 5.27. The van der Waals surface area contributed by atoms with Crippen molar-refractivity contribution in [3.05, 3.63) is 89.0 Å². The van der Waals surface area contributed by atoms with Crippen molar-refractivity contribution in [2.24, 2.45) is 0 Å². The van der Waals surface area contributed by atoms with Crippen molar-refractivity contribution < 1.29 is 32.2 Å². The number of ketones is 1. The molecule has 5 nitrogen and oxygen atoms in total. The second-order valence-corrected chi connectivity index (χ2v) is 6.91. The largest absolute Gasteiger partial charge is 0.454 e. The van der Waals surface area contributed by atoms with Crippen LogP contribution in [0.25, 0.3) is 11.8 Å². The molecule has 0 saturated heterocycles. The Morgan fingerprint density at radius 1 is 1.06 bits per heavy atom. The number of Topliss-reactive ketones (excluding diaryl/α,β-unsaturated/α-hetero) is 1. The summed E-state index contributed by atoms with van der Waals surface area (Å²) < 4.78 is 49.0. The highest BCUT2D eigenvalue weighted by Gasteiger charge is 2.18. The number of aromatic nitrogens is 1. The third-order valence-corrected chi connectivity index (χ3v) is 4.66. The minimum Gasteiger partial charge on any atom is -0.454 e. The Morgan fingerprint density at radius 2 is 1.78 bits per heavy atom. The number of esters is 1. The number of ether oxygens (including phenoxy) is 2. The van der Waals surface area contributed by atoms with Gasteiger partial charge < -0.3 is 14.0 Å². The molecule has 0 atom stereocenters. The SMILES string of the molecule is Cc1cc(C(=O)COC(=O)/C=C/c2cccc(F)c2)c(C)n1-c1ccc(OC(F)F)cc1.